The first-order chi connectivity index (χ1) is 9.82. The quantitative estimate of drug-likeness (QED) is 0.597. The van der Waals surface area contributed by atoms with E-state index in [1.165, 1.54) is 96.3 Å². The van der Waals surface area contributed by atoms with E-state index in [1.54, 1.807) is 0 Å². The van der Waals surface area contributed by atoms with Crippen LogP contribution in [0.2, 0.25) is 16.6 Å². The smallest absolute Gasteiger partial charge is 0.197 e. The summed E-state index contributed by atoms with van der Waals surface area (Å²) in [6.45, 7) is 0. The van der Waals surface area contributed by atoms with E-state index in [0.29, 0.717) is 0 Å². The molecule has 3 heteroatoms. The molecule has 1 nitrogen and oxygen atoms in total. The fraction of sp³-hybridized carbons (Fsp3) is 1.00. The van der Waals surface area contributed by atoms with E-state index in [9.17, 15) is 4.80 Å². The minimum atomic E-state index is -2.05. The van der Waals surface area contributed by atoms with Gasteiger partial charge in [0.2, 0.25) is 0 Å². The number of hydrogen-bond acceptors (Lipinski definition) is 1. The monoisotopic (exact) mass is 384 g/mol. The maximum absolute atomic E-state index is 12.0. The Balaban J connectivity index is 0.00000161. The Bertz CT molecular complexity index is 246. The van der Waals surface area contributed by atoms with Crippen molar-refractivity contribution < 1.29 is 31.0 Å². The molecule has 0 saturated heterocycles. The summed E-state index contributed by atoms with van der Waals surface area (Å²) >= 11 is 0. The topological polar surface area (TPSA) is 20.2 Å². The molecule has 21 heavy (non-hydrogen) atoms. The first-order valence-corrected chi connectivity index (χ1v) is 11.7. The molecule has 0 aliphatic heterocycles. The van der Waals surface area contributed by atoms with E-state index >= 15 is 0 Å². The third kappa shape index (κ3) is 4.13. The molecule has 0 aromatic carbocycles. The molecular formula is C18H34OSiZr. The van der Waals surface area contributed by atoms with Crippen LogP contribution in [0, 0.1) is 0 Å². The predicted octanol–water partition coefficient (Wildman–Crippen LogP) is 5.92. The van der Waals surface area contributed by atoms with E-state index in [0.717, 1.165) is 16.6 Å². The van der Waals surface area contributed by atoms with Gasteiger partial charge in [0.05, 0.1) is 0 Å². The van der Waals surface area contributed by atoms with E-state index in [1.807, 2.05) is 0 Å². The van der Waals surface area contributed by atoms with Crippen LogP contribution in [0.1, 0.15) is 96.3 Å². The van der Waals surface area contributed by atoms with Crippen LogP contribution in [0.4, 0.5) is 0 Å². The molecule has 0 radical (unpaired) electrons. The van der Waals surface area contributed by atoms with Crippen molar-refractivity contribution in [2.24, 2.45) is 0 Å². The second-order valence-electron chi connectivity index (χ2n) is 7.89. The largest absolute Gasteiger partial charge is 0.431 e. The van der Waals surface area contributed by atoms with Gasteiger partial charge in [-0.05, 0) is 16.6 Å². The second-order valence-corrected chi connectivity index (χ2v) is 12.1. The number of hydrogen-bond donors (Lipinski definition) is 1. The molecule has 1 N–H and O–H groups in total. The summed E-state index contributed by atoms with van der Waals surface area (Å²) < 4.78 is 0. The standard InChI is InChI=1S/C18H34OSi.Zr/c19-20(16-10-4-1-5-11-16,17-12-6-2-7-13-17)18-14-8-3-9-15-18;/h16-19H,1-15H2;. The van der Waals surface area contributed by atoms with E-state index in [-0.39, 0.29) is 26.2 Å². The van der Waals surface area contributed by atoms with Gasteiger partial charge in [0.1, 0.15) is 0 Å². The van der Waals surface area contributed by atoms with Crippen molar-refractivity contribution in [1.29, 1.82) is 0 Å². The Kier molecular flexibility index (Phi) is 7.70. The van der Waals surface area contributed by atoms with Crippen LogP contribution in [0.25, 0.3) is 0 Å². The van der Waals surface area contributed by atoms with Crippen LogP contribution in [-0.2, 0) is 26.2 Å². The van der Waals surface area contributed by atoms with Gasteiger partial charge in [0.15, 0.2) is 8.32 Å². The van der Waals surface area contributed by atoms with Gasteiger partial charge in [-0.25, -0.2) is 0 Å². The summed E-state index contributed by atoms with van der Waals surface area (Å²) in [7, 11) is -2.05. The van der Waals surface area contributed by atoms with Gasteiger partial charge in [-0.2, -0.15) is 0 Å². The van der Waals surface area contributed by atoms with Gasteiger partial charge in [-0.3, -0.25) is 0 Å². The summed E-state index contributed by atoms with van der Waals surface area (Å²) in [5.74, 6) is 0. The molecule has 3 saturated carbocycles. The Morgan fingerprint density at radius 2 is 0.714 bits per heavy atom. The summed E-state index contributed by atoms with van der Waals surface area (Å²) in [4.78, 5) is 12.0. The molecule has 0 spiro atoms. The first kappa shape index (κ1) is 18.4. The molecule has 0 aromatic rings. The maximum Gasteiger partial charge on any atom is 0.197 e. The predicted molar refractivity (Wildman–Crippen MR) is 88.5 cm³/mol. The molecule has 3 fully saturated rings. The zero-order valence-corrected chi connectivity index (χ0v) is 17.2. The van der Waals surface area contributed by atoms with Crippen LogP contribution >= 0.6 is 0 Å². The average molecular weight is 386 g/mol. The average Bonchev–Trinajstić information content (AvgIpc) is 2.56. The second kappa shape index (κ2) is 8.78. The third-order valence-electron chi connectivity index (χ3n) is 6.78. The van der Waals surface area contributed by atoms with Gasteiger partial charge in [-0.1, -0.05) is 96.3 Å². The summed E-state index contributed by atoms with van der Waals surface area (Å²) in [6, 6.07) is 0. The van der Waals surface area contributed by atoms with E-state index in [4.69, 9.17) is 0 Å². The van der Waals surface area contributed by atoms with Crippen LogP contribution in [0.5, 0.6) is 0 Å². The van der Waals surface area contributed by atoms with Gasteiger partial charge in [-0.15, -0.1) is 0 Å². The molecule has 0 aromatic heterocycles. The van der Waals surface area contributed by atoms with Crippen LogP contribution in [0.15, 0.2) is 0 Å². The zero-order chi connectivity index (χ0) is 13.8. The molecule has 120 valence electrons. The van der Waals surface area contributed by atoms with Crippen LogP contribution in [0.3, 0.4) is 0 Å². The Hall–Kier alpha value is 1.06. The Labute approximate surface area is 151 Å². The van der Waals surface area contributed by atoms with Crippen molar-refractivity contribution >= 4 is 8.32 Å². The van der Waals surface area contributed by atoms with E-state index in [2.05, 4.69) is 0 Å². The van der Waals surface area contributed by atoms with Crippen molar-refractivity contribution in [2.45, 2.75) is 113 Å². The number of rotatable bonds is 3. The maximum atomic E-state index is 12.0. The first-order valence-electron chi connectivity index (χ1n) is 9.54. The Morgan fingerprint density at radius 1 is 0.476 bits per heavy atom. The van der Waals surface area contributed by atoms with Crippen LogP contribution < -0.4 is 0 Å². The molecule has 3 aliphatic carbocycles. The van der Waals surface area contributed by atoms with Crippen molar-refractivity contribution in [3.63, 3.8) is 0 Å². The molecule has 3 aliphatic rings. The fourth-order valence-electron chi connectivity index (χ4n) is 5.70. The van der Waals surface area contributed by atoms with Gasteiger partial charge in [0.25, 0.3) is 0 Å². The minimum absolute atomic E-state index is 0. The van der Waals surface area contributed by atoms with Crippen LogP contribution in [-0.4, -0.2) is 13.1 Å². The molecule has 0 bridgehead atoms. The van der Waals surface area contributed by atoms with Gasteiger partial charge < -0.3 is 4.80 Å². The van der Waals surface area contributed by atoms with Gasteiger partial charge in [0, 0.05) is 26.2 Å². The fourth-order valence-corrected chi connectivity index (χ4v) is 11.7. The van der Waals surface area contributed by atoms with Crippen molar-refractivity contribution in [3.8, 4) is 0 Å². The zero-order valence-electron chi connectivity index (χ0n) is 13.8. The Morgan fingerprint density at radius 3 is 0.952 bits per heavy atom. The van der Waals surface area contributed by atoms with E-state index < -0.39 is 8.32 Å². The summed E-state index contributed by atoms with van der Waals surface area (Å²) in [5.41, 5.74) is 2.30. The van der Waals surface area contributed by atoms with Crippen molar-refractivity contribution in [1.82, 2.24) is 0 Å². The summed E-state index contributed by atoms with van der Waals surface area (Å²) in [6.07, 6.45) is 20.9. The summed E-state index contributed by atoms with van der Waals surface area (Å²) in [5, 5.41) is 0. The van der Waals surface area contributed by atoms with Gasteiger partial charge >= 0.3 is 0 Å². The molecule has 3 rings (SSSR count). The third-order valence-corrected chi connectivity index (χ3v) is 12.4. The van der Waals surface area contributed by atoms with Crippen molar-refractivity contribution in [2.75, 3.05) is 0 Å². The van der Waals surface area contributed by atoms with Crippen molar-refractivity contribution in [3.05, 3.63) is 0 Å². The SMILES string of the molecule is O[Si](C1CCCCC1)(C1CCCCC1)C1CCCCC1.[Zr]. The normalized spacial score (nSPS) is 27.3. The molecule has 0 atom stereocenters. The minimum Gasteiger partial charge on any atom is -0.431 e. The molecular weight excluding hydrogens is 352 g/mol. The molecule has 0 heterocycles. The molecule has 0 amide bonds. The molecule has 0 unspecified atom stereocenters.